The second-order valence-corrected chi connectivity index (χ2v) is 9.28. The maximum absolute atomic E-state index is 5.58. The quantitative estimate of drug-likeness (QED) is 0.458. The van der Waals surface area contributed by atoms with Gasteiger partial charge < -0.3 is 18.9 Å². The van der Waals surface area contributed by atoms with Gasteiger partial charge in [-0.2, -0.15) is 0 Å². The lowest BCUT2D eigenvalue weighted by Gasteiger charge is -2.25. The second kappa shape index (κ2) is 7.94. The molecule has 2 aliphatic carbocycles. The predicted octanol–water partition coefficient (Wildman–Crippen LogP) is 6.29. The highest BCUT2D eigenvalue weighted by molar-refractivity contribution is 5.86. The fourth-order valence-electron chi connectivity index (χ4n) is 5.40. The molecule has 0 atom stereocenters. The van der Waals surface area contributed by atoms with E-state index in [9.17, 15) is 0 Å². The summed E-state index contributed by atoms with van der Waals surface area (Å²) in [4.78, 5) is 5.31. The van der Waals surface area contributed by atoms with E-state index < -0.39 is 0 Å². The van der Waals surface area contributed by atoms with Crippen LogP contribution in [-0.2, 0) is 12.8 Å². The van der Waals surface area contributed by atoms with Crippen molar-refractivity contribution < 1.29 is 18.9 Å². The van der Waals surface area contributed by atoms with Crippen molar-refractivity contribution in [1.29, 1.82) is 0 Å². The first-order valence-electron chi connectivity index (χ1n) is 12.0. The Labute approximate surface area is 198 Å². The molecule has 3 heterocycles. The SMILES string of the molecule is C(=C1CCCc2cc3c(nc21)C(=Cc1ccc2c(c1)OCO2)CCC3)c1ccc2c(c1)OCO2. The van der Waals surface area contributed by atoms with Crippen LogP contribution in [-0.4, -0.2) is 18.6 Å². The predicted molar refractivity (Wildman–Crippen MR) is 131 cm³/mol. The van der Waals surface area contributed by atoms with E-state index in [1.807, 2.05) is 12.1 Å². The first-order valence-corrected chi connectivity index (χ1v) is 12.0. The summed E-state index contributed by atoms with van der Waals surface area (Å²) in [5, 5.41) is 0. The van der Waals surface area contributed by atoms with Gasteiger partial charge >= 0.3 is 0 Å². The Hall–Kier alpha value is -3.73. The number of allylic oxidation sites excluding steroid dienone is 2. The Balaban J connectivity index is 1.28. The van der Waals surface area contributed by atoms with Crippen molar-refractivity contribution in [3.8, 4) is 23.0 Å². The molecule has 0 spiro atoms. The maximum Gasteiger partial charge on any atom is 0.231 e. The third-order valence-electron chi connectivity index (χ3n) is 7.05. The molecule has 0 radical (unpaired) electrons. The van der Waals surface area contributed by atoms with Crippen LogP contribution in [0.4, 0.5) is 0 Å². The van der Waals surface area contributed by atoms with Crippen molar-refractivity contribution in [3.63, 3.8) is 0 Å². The van der Waals surface area contributed by atoms with E-state index in [0.29, 0.717) is 13.6 Å². The highest BCUT2D eigenvalue weighted by Gasteiger charge is 2.23. The molecule has 5 heteroatoms. The van der Waals surface area contributed by atoms with Gasteiger partial charge in [0.15, 0.2) is 23.0 Å². The molecular weight excluding hydrogens is 426 g/mol. The average molecular weight is 452 g/mol. The van der Waals surface area contributed by atoms with E-state index in [-0.39, 0.29) is 0 Å². The van der Waals surface area contributed by atoms with Crippen LogP contribution in [0.15, 0.2) is 42.5 Å². The Kier molecular flexibility index (Phi) is 4.61. The fourth-order valence-corrected chi connectivity index (χ4v) is 5.40. The molecule has 0 amide bonds. The summed E-state index contributed by atoms with van der Waals surface area (Å²) in [5.41, 5.74) is 9.92. The first kappa shape index (κ1) is 19.7. The van der Waals surface area contributed by atoms with Gasteiger partial charge in [0.2, 0.25) is 13.6 Å². The van der Waals surface area contributed by atoms with Crippen LogP contribution in [0.1, 0.15) is 59.3 Å². The number of hydrogen-bond acceptors (Lipinski definition) is 5. The molecule has 0 saturated heterocycles. The number of rotatable bonds is 2. The van der Waals surface area contributed by atoms with E-state index in [1.54, 1.807) is 0 Å². The van der Waals surface area contributed by atoms with Crippen molar-refractivity contribution in [2.45, 2.75) is 38.5 Å². The molecule has 7 rings (SSSR count). The maximum atomic E-state index is 5.58. The van der Waals surface area contributed by atoms with Crippen molar-refractivity contribution >= 4 is 23.3 Å². The number of aromatic nitrogens is 1. The van der Waals surface area contributed by atoms with Gasteiger partial charge in [-0.3, -0.25) is 0 Å². The van der Waals surface area contributed by atoms with Crippen LogP contribution < -0.4 is 18.9 Å². The third-order valence-corrected chi connectivity index (χ3v) is 7.05. The Morgan fingerprint density at radius 1 is 0.559 bits per heavy atom. The summed E-state index contributed by atoms with van der Waals surface area (Å²) < 4.78 is 22.1. The van der Waals surface area contributed by atoms with Gasteiger partial charge in [-0.05, 0) is 108 Å². The minimum absolute atomic E-state index is 0.296. The first-order chi connectivity index (χ1) is 16.8. The molecular formula is C29H25NO4. The van der Waals surface area contributed by atoms with Gasteiger partial charge in [-0.15, -0.1) is 0 Å². The molecule has 0 N–H and O–H groups in total. The summed E-state index contributed by atoms with van der Waals surface area (Å²) in [7, 11) is 0. The molecule has 0 fully saturated rings. The number of pyridine rings is 1. The molecule has 0 saturated carbocycles. The average Bonchev–Trinajstić information content (AvgIpc) is 3.52. The van der Waals surface area contributed by atoms with Crippen LogP contribution in [0.5, 0.6) is 23.0 Å². The lowest BCUT2D eigenvalue weighted by molar-refractivity contribution is 0.173. The number of hydrogen-bond donors (Lipinski definition) is 0. The van der Waals surface area contributed by atoms with Crippen LogP contribution in [0.25, 0.3) is 23.3 Å². The summed E-state index contributed by atoms with van der Waals surface area (Å²) in [6, 6.07) is 14.7. The van der Waals surface area contributed by atoms with Gasteiger partial charge in [0.25, 0.3) is 0 Å². The Morgan fingerprint density at radius 3 is 1.59 bits per heavy atom. The summed E-state index contributed by atoms with van der Waals surface area (Å²) in [5.74, 6) is 3.27. The third kappa shape index (κ3) is 3.43. The zero-order chi connectivity index (χ0) is 22.5. The molecule has 170 valence electrons. The number of nitrogens with zero attached hydrogens (tertiary/aromatic N) is 1. The zero-order valence-electron chi connectivity index (χ0n) is 18.9. The number of benzene rings is 2. The highest BCUT2D eigenvalue weighted by Crippen LogP contribution is 2.40. The van der Waals surface area contributed by atoms with Gasteiger partial charge in [0.05, 0.1) is 11.4 Å². The Morgan fingerprint density at radius 2 is 1.06 bits per heavy atom. The molecule has 34 heavy (non-hydrogen) atoms. The largest absolute Gasteiger partial charge is 0.454 e. The number of ether oxygens (including phenoxy) is 4. The molecule has 0 unspecified atom stereocenters. The summed E-state index contributed by atoms with van der Waals surface area (Å²) in [6.45, 7) is 0.592. The smallest absolute Gasteiger partial charge is 0.231 e. The van der Waals surface area contributed by atoms with Gasteiger partial charge in [-0.25, -0.2) is 4.98 Å². The molecule has 4 aliphatic rings. The number of fused-ring (bicyclic) bond motifs is 4. The van der Waals surface area contributed by atoms with Gasteiger partial charge in [0, 0.05) is 0 Å². The molecule has 0 bridgehead atoms. The summed E-state index contributed by atoms with van der Waals surface area (Å²) in [6.07, 6.45) is 11.1. The van der Waals surface area contributed by atoms with Crippen molar-refractivity contribution in [1.82, 2.24) is 4.98 Å². The normalized spacial score (nSPS) is 19.9. The molecule has 5 nitrogen and oxygen atoms in total. The number of aryl methyl sites for hydroxylation is 2. The van der Waals surface area contributed by atoms with Crippen LogP contribution in [0, 0.1) is 0 Å². The standard InChI is InChI=1S/C29H25NO4/c1-3-20(11-18-7-9-24-26(13-18)33-16-31-24)28-22(5-1)15-23-6-2-4-21(29(23)30-28)12-19-8-10-25-27(14-19)34-17-32-25/h7-15H,1-6,16-17H2. The minimum Gasteiger partial charge on any atom is -0.454 e. The van der Waals surface area contributed by atoms with E-state index >= 15 is 0 Å². The minimum atomic E-state index is 0.296. The van der Waals surface area contributed by atoms with Crippen LogP contribution in [0.2, 0.25) is 0 Å². The summed E-state index contributed by atoms with van der Waals surface area (Å²) >= 11 is 0. The topological polar surface area (TPSA) is 49.8 Å². The lowest BCUT2D eigenvalue weighted by Crippen LogP contribution is -2.12. The highest BCUT2D eigenvalue weighted by atomic mass is 16.7. The van der Waals surface area contributed by atoms with Gasteiger partial charge in [-0.1, -0.05) is 18.2 Å². The van der Waals surface area contributed by atoms with E-state index in [0.717, 1.165) is 84.0 Å². The van der Waals surface area contributed by atoms with E-state index in [1.165, 1.54) is 22.3 Å². The van der Waals surface area contributed by atoms with Crippen molar-refractivity contribution in [3.05, 3.63) is 76.1 Å². The second-order valence-electron chi connectivity index (χ2n) is 9.28. The molecule has 2 aliphatic heterocycles. The van der Waals surface area contributed by atoms with E-state index in [2.05, 4.69) is 42.5 Å². The van der Waals surface area contributed by atoms with Crippen LogP contribution >= 0.6 is 0 Å². The molecule has 3 aromatic rings. The van der Waals surface area contributed by atoms with Crippen molar-refractivity contribution in [2.24, 2.45) is 0 Å². The lowest BCUT2D eigenvalue weighted by atomic mass is 9.84. The monoisotopic (exact) mass is 451 g/mol. The molecule has 2 aromatic carbocycles. The van der Waals surface area contributed by atoms with Crippen molar-refractivity contribution in [2.75, 3.05) is 13.6 Å². The van der Waals surface area contributed by atoms with Gasteiger partial charge in [0.1, 0.15) is 0 Å². The van der Waals surface area contributed by atoms with E-state index in [4.69, 9.17) is 23.9 Å². The molecule has 1 aromatic heterocycles. The van der Waals surface area contributed by atoms with Crippen LogP contribution in [0.3, 0.4) is 0 Å². The fraction of sp³-hybridized carbons (Fsp3) is 0.276. The zero-order valence-corrected chi connectivity index (χ0v) is 18.9. The Bertz CT molecular complexity index is 1270.